The average Bonchev–Trinajstić information content (AvgIpc) is 0.804. The van der Waals surface area contributed by atoms with Crippen molar-refractivity contribution in [2.24, 2.45) is 0 Å². The second kappa shape index (κ2) is 72.1. The second-order valence-corrected chi connectivity index (χ2v) is 32.1. The van der Waals surface area contributed by atoms with Crippen LogP contribution in [0.2, 0.25) is 0 Å². The fraction of sp³-hybridized carbons (Fsp3) is 0.859. The van der Waals surface area contributed by atoms with Crippen molar-refractivity contribution >= 4 is 49.8 Å². The summed E-state index contributed by atoms with van der Waals surface area (Å²) in [5.41, 5.74) is 3.57. The van der Waals surface area contributed by atoms with Gasteiger partial charge in [0.1, 0.15) is 0 Å². The van der Waals surface area contributed by atoms with Gasteiger partial charge in [0.25, 0.3) is 20.2 Å². The molecule has 0 aromatic heterocycles. The fourth-order valence-electron chi connectivity index (χ4n) is 14.0. The van der Waals surface area contributed by atoms with Crippen molar-refractivity contribution in [3.05, 3.63) is 59.2 Å². The van der Waals surface area contributed by atoms with E-state index < -0.39 is 20.2 Å². The van der Waals surface area contributed by atoms with Gasteiger partial charge in [-0.25, -0.2) is 0 Å². The van der Waals surface area contributed by atoms with E-state index in [-0.39, 0.29) is 46.0 Å². The van der Waals surface area contributed by atoms with E-state index in [1.807, 2.05) is 0 Å². The fourth-order valence-corrected chi connectivity index (χ4v) is 15.7. The maximum atomic E-state index is 12.8. The molecule has 0 spiro atoms. The zero-order valence-electron chi connectivity index (χ0n) is 63.6. The van der Waals surface area contributed by atoms with Crippen LogP contribution in [0.1, 0.15) is 462 Å². The van der Waals surface area contributed by atoms with Crippen LogP contribution >= 0.6 is 0 Å². The SMILES string of the molecule is CCCCCCCCCCCCCCCCCCCOS(=O)(=O)c1ccccc1.CCCCCCCCCCCCCCCCCCc1ccc(S(=O)(=O)O)c(CCCCCCCCCCCCCCCCCC)c1CCCCCCCCCCCCCCCCCC.[Na]. The molecule has 94 heavy (non-hydrogen) atoms. The molecule has 0 aliphatic carbocycles. The van der Waals surface area contributed by atoms with Crippen LogP contribution < -0.4 is 0 Å². The molecule has 0 saturated heterocycles. The molecule has 0 aliphatic rings. The van der Waals surface area contributed by atoms with Crippen LogP contribution in [-0.4, -0.2) is 57.6 Å². The number of aryl methyl sites for hydroxylation is 1. The Hall–Kier alpha value is -0.740. The predicted molar refractivity (Wildman–Crippen MR) is 416 cm³/mol. The van der Waals surface area contributed by atoms with Gasteiger partial charge in [-0.1, -0.05) is 444 Å². The summed E-state index contributed by atoms with van der Waals surface area (Å²) in [4.78, 5) is 0.433. The first kappa shape index (κ1) is 93.3. The molecule has 6 nitrogen and oxygen atoms in total. The van der Waals surface area contributed by atoms with E-state index in [1.54, 1.807) is 36.4 Å². The summed E-state index contributed by atoms with van der Waals surface area (Å²) < 4.78 is 65.1. The van der Waals surface area contributed by atoms with Gasteiger partial charge in [-0.15, -0.1) is 0 Å². The van der Waals surface area contributed by atoms with E-state index in [1.165, 1.54) is 396 Å². The van der Waals surface area contributed by atoms with E-state index in [0.717, 1.165) is 56.9 Å². The van der Waals surface area contributed by atoms with Crippen LogP contribution in [0.25, 0.3) is 0 Å². The quantitative estimate of drug-likeness (QED) is 0.0307. The Morgan fingerprint density at radius 3 is 0.745 bits per heavy atom. The molecule has 0 atom stereocenters. The third-order valence-corrected chi connectivity index (χ3v) is 22.4. The molecule has 0 aliphatic heterocycles. The van der Waals surface area contributed by atoms with Crippen molar-refractivity contribution in [3.63, 3.8) is 0 Å². The average molecular weight is 1360 g/mol. The van der Waals surface area contributed by atoms with Crippen LogP contribution in [0.5, 0.6) is 0 Å². The van der Waals surface area contributed by atoms with Crippen LogP contribution in [0.4, 0.5) is 0 Å². The molecule has 1 N–H and O–H groups in total. The molecule has 0 fully saturated rings. The monoisotopic (exact) mass is 1360 g/mol. The van der Waals surface area contributed by atoms with Gasteiger partial charge in [0.2, 0.25) is 0 Å². The summed E-state index contributed by atoms with van der Waals surface area (Å²) >= 11 is 0. The second-order valence-electron chi connectivity index (χ2n) is 29.1. The minimum Gasteiger partial charge on any atom is -0.282 e. The first-order chi connectivity index (χ1) is 45.6. The number of hydrogen-bond acceptors (Lipinski definition) is 5. The van der Waals surface area contributed by atoms with Gasteiger partial charge in [0, 0.05) is 29.6 Å². The molecule has 0 unspecified atom stereocenters. The Morgan fingerprint density at radius 2 is 0.489 bits per heavy atom. The smallest absolute Gasteiger partial charge is 0.282 e. The van der Waals surface area contributed by atoms with Gasteiger partial charge >= 0.3 is 0 Å². The summed E-state index contributed by atoms with van der Waals surface area (Å²) in [6.45, 7) is 9.45. The van der Waals surface area contributed by atoms with E-state index >= 15 is 0 Å². The first-order valence-corrected chi connectivity index (χ1v) is 44.5. The molecular weight excluding hydrogens is 1200 g/mol. The van der Waals surface area contributed by atoms with Gasteiger partial charge in [-0.3, -0.25) is 8.74 Å². The number of rotatable bonds is 72. The third-order valence-electron chi connectivity index (χ3n) is 20.1. The maximum absolute atomic E-state index is 12.8. The first-order valence-electron chi connectivity index (χ1n) is 41.7. The number of benzene rings is 2. The minimum absolute atomic E-state index is 0. The number of unbranched alkanes of at least 4 members (excludes halogenated alkanes) is 61. The van der Waals surface area contributed by atoms with Crippen LogP contribution in [0, 0.1) is 0 Å². The molecule has 2 rings (SSSR count). The summed E-state index contributed by atoms with van der Waals surface area (Å²) in [7, 11) is -7.84. The van der Waals surface area contributed by atoms with Crippen molar-refractivity contribution in [2.45, 2.75) is 474 Å². The number of hydrogen-bond donors (Lipinski definition) is 1. The molecule has 0 saturated carbocycles. The Balaban J connectivity index is 0.00000240. The van der Waals surface area contributed by atoms with Crippen molar-refractivity contribution in [3.8, 4) is 0 Å². The van der Waals surface area contributed by atoms with Crippen LogP contribution in [0.3, 0.4) is 0 Å². The summed E-state index contributed by atoms with van der Waals surface area (Å²) in [6.07, 6.45) is 90.3. The van der Waals surface area contributed by atoms with Gasteiger partial charge in [-0.2, -0.15) is 16.8 Å². The van der Waals surface area contributed by atoms with Crippen molar-refractivity contribution in [2.75, 3.05) is 6.61 Å². The maximum Gasteiger partial charge on any atom is 0.296 e. The van der Waals surface area contributed by atoms with E-state index in [9.17, 15) is 21.4 Å². The molecule has 2 aromatic carbocycles. The minimum atomic E-state index is -4.26. The molecule has 0 bridgehead atoms. The normalized spacial score (nSPS) is 11.8. The molecular formula is C85H158NaO6S2. The largest absolute Gasteiger partial charge is 0.296 e. The van der Waals surface area contributed by atoms with Gasteiger partial charge in [0.05, 0.1) is 16.4 Å². The molecule has 9 heteroatoms. The zero-order valence-corrected chi connectivity index (χ0v) is 67.3. The Kier molecular flexibility index (Phi) is 71.5. The Bertz CT molecular complexity index is 2060. The Morgan fingerprint density at radius 1 is 0.266 bits per heavy atom. The van der Waals surface area contributed by atoms with E-state index in [2.05, 4.69) is 33.8 Å². The Labute approximate surface area is 610 Å². The standard InChI is InChI=1S/C60H114O3S.C25H44O3S.Na/c1-4-7-10-13-16-19-22-25-28-31-34-37-40-43-46-49-52-57-55-56-60(64(61,62)63)59(54-51-48-45-42-39-36-33-30-27-24-21-18-15-12-9-6-3)58(57)53-50-47-44-41-38-35-32-29-26-23-20-17-14-11-8-5-2;1-2-3-4-5-6-7-8-9-10-11-12-13-14-15-16-17-21-24-28-29(26,27)25-22-19-18-20-23-25;/h55-56H,4-54H2,1-3H3,(H,61,62,63);18-20,22-23H,2-17,21,24H2,1H3;. The van der Waals surface area contributed by atoms with Gasteiger partial charge < -0.3 is 0 Å². The summed E-state index contributed by atoms with van der Waals surface area (Å²) in [5, 5.41) is 0. The van der Waals surface area contributed by atoms with Crippen LogP contribution in [0.15, 0.2) is 52.3 Å². The van der Waals surface area contributed by atoms with E-state index in [4.69, 9.17) is 4.18 Å². The summed E-state index contributed by atoms with van der Waals surface area (Å²) in [6, 6.07) is 12.2. The molecule has 2 aromatic rings. The van der Waals surface area contributed by atoms with Gasteiger partial charge in [-0.05, 0) is 79.8 Å². The third kappa shape index (κ3) is 60.1. The van der Waals surface area contributed by atoms with E-state index in [0.29, 0.717) is 0 Å². The molecule has 0 heterocycles. The van der Waals surface area contributed by atoms with Crippen molar-refractivity contribution in [1.29, 1.82) is 0 Å². The predicted octanol–water partition coefficient (Wildman–Crippen LogP) is 29.0. The summed E-state index contributed by atoms with van der Waals surface area (Å²) in [5.74, 6) is 0. The van der Waals surface area contributed by atoms with Crippen molar-refractivity contribution < 1.29 is 25.6 Å². The topological polar surface area (TPSA) is 97.7 Å². The molecule has 0 amide bonds. The zero-order chi connectivity index (χ0) is 67.3. The van der Waals surface area contributed by atoms with Crippen molar-refractivity contribution in [1.82, 2.24) is 0 Å². The van der Waals surface area contributed by atoms with Crippen LogP contribution in [-0.2, 0) is 43.7 Å². The van der Waals surface area contributed by atoms with Gasteiger partial charge in [0.15, 0.2) is 0 Å². The molecule has 547 valence electrons. The molecule has 1 radical (unpaired) electrons.